The van der Waals surface area contributed by atoms with Crippen LogP contribution in [0.3, 0.4) is 0 Å². The van der Waals surface area contributed by atoms with E-state index in [-0.39, 0.29) is 0 Å². The summed E-state index contributed by atoms with van der Waals surface area (Å²) >= 11 is 7.45. The Morgan fingerprint density at radius 2 is 1.41 bits per heavy atom. The Morgan fingerprint density at radius 3 is 1.88 bits per heavy atom. The molecule has 0 unspecified atom stereocenters. The largest absolute Gasteiger partial charge is 0.0922 e. The van der Waals surface area contributed by atoms with Crippen LogP contribution in [-0.2, 0) is 0 Å². The fourth-order valence-corrected chi connectivity index (χ4v) is 4.47. The number of unbranched alkanes of at least 4 members (excludes halogenated alkanes) is 5. The highest BCUT2D eigenvalue weighted by Crippen LogP contribution is 2.36. The van der Waals surface area contributed by atoms with E-state index in [0.717, 1.165) is 16.6 Å². The maximum atomic E-state index is 3.73. The number of hydrogen-bond donors (Lipinski definition) is 0. The molecular weight excluding hydrogens is 340 g/mol. The second kappa shape index (κ2) is 10.8. The molecular formula is C15H30Br2. The first-order valence-corrected chi connectivity index (χ1v) is 9.46. The van der Waals surface area contributed by atoms with Crippen LogP contribution >= 0.6 is 31.9 Å². The average molecular weight is 370 g/mol. The van der Waals surface area contributed by atoms with Crippen LogP contribution in [0.4, 0.5) is 0 Å². The predicted octanol–water partition coefficient (Wildman–Crippen LogP) is 6.56. The molecule has 0 nitrogen and oxygen atoms in total. The van der Waals surface area contributed by atoms with Gasteiger partial charge in [0.1, 0.15) is 0 Å². The van der Waals surface area contributed by atoms with Gasteiger partial charge in [0.15, 0.2) is 0 Å². The van der Waals surface area contributed by atoms with Crippen LogP contribution in [0.15, 0.2) is 0 Å². The Kier molecular flexibility index (Phi) is 11.5. The first-order chi connectivity index (χ1) is 8.10. The van der Waals surface area contributed by atoms with Crippen LogP contribution in [0, 0.1) is 11.3 Å². The monoisotopic (exact) mass is 368 g/mol. The molecule has 0 fully saturated rings. The molecule has 0 spiro atoms. The molecule has 0 atom stereocenters. The smallest absolute Gasteiger partial charge is 0.00960 e. The van der Waals surface area contributed by atoms with E-state index in [0.29, 0.717) is 5.41 Å². The highest BCUT2D eigenvalue weighted by atomic mass is 79.9. The van der Waals surface area contributed by atoms with Crippen LogP contribution in [0.2, 0.25) is 0 Å². The lowest BCUT2D eigenvalue weighted by atomic mass is 9.79. The summed E-state index contributed by atoms with van der Waals surface area (Å²) in [5, 5.41) is 2.27. The predicted molar refractivity (Wildman–Crippen MR) is 87.5 cm³/mol. The molecule has 0 saturated heterocycles. The fourth-order valence-electron chi connectivity index (χ4n) is 2.53. The molecule has 0 heterocycles. The zero-order valence-electron chi connectivity index (χ0n) is 11.9. The van der Waals surface area contributed by atoms with Gasteiger partial charge in [-0.15, -0.1) is 0 Å². The van der Waals surface area contributed by atoms with Gasteiger partial charge in [0, 0.05) is 10.7 Å². The minimum absolute atomic E-state index is 0.485. The maximum absolute atomic E-state index is 3.73. The first kappa shape index (κ1) is 18.0. The van der Waals surface area contributed by atoms with Crippen molar-refractivity contribution in [2.24, 2.45) is 11.3 Å². The van der Waals surface area contributed by atoms with Gasteiger partial charge in [0.25, 0.3) is 0 Å². The van der Waals surface area contributed by atoms with Gasteiger partial charge in [-0.25, -0.2) is 0 Å². The number of alkyl halides is 2. The van der Waals surface area contributed by atoms with Gasteiger partial charge in [-0.3, -0.25) is 0 Å². The Hall–Kier alpha value is 0.960. The molecule has 0 N–H and O–H groups in total. The lowest BCUT2D eigenvalue weighted by Crippen LogP contribution is -2.26. The van der Waals surface area contributed by atoms with Crippen LogP contribution in [0.1, 0.15) is 72.1 Å². The van der Waals surface area contributed by atoms with E-state index in [4.69, 9.17) is 0 Å². The zero-order chi connectivity index (χ0) is 13.1. The summed E-state index contributed by atoms with van der Waals surface area (Å²) in [7, 11) is 0. The summed E-state index contributed by atoms with van der Waals surface area (Å²) in [6.07, 6.45) is 11.1. The van der Waals surface area contributed by atoms with Crippen LogP contribution in [-0.4, -0.2) is 10.7 Å². The van der Waals surface area contributed by atoms with Gasteiger partial charge < -0.3 is 0 Å². The van der Waals surface area contributed by atoms with Crippen molar-refractivity contribution in [1.82, 2.24) is 0 Å². The first-order valence-electron chi connectivity index (χ1n) is 7.22. The maximum Gasteiger partial charge on any atom is 0.00960 e. The van der Waals surface area contributed by atoms with Crippen molar-refractivity contribution in [3.05, 3.63) is 0 Å². The summed E-state index contributed by atoms with van der Waals surface area (Å²) in [5.74, 6) is 0.796. The third-order valence-corrected chi connectivity index (χ3v) is 5.85. The third-order valence-electron chi connectivity index (χ3n) is 3.47. The van der Waals surface area contributed by atoms with Crippen molar-refractivity contribution >= 4 is 31.9 Å². The van der Waals surface area contributed by atoms with Gasteiger partial charge in [-0.2, -0.15) is 0 Å². The molecule has 0 aromatic heterocycles. The molecule has 0 rings (SSSR count). The Labute approximate surface area is 126 Å². The number of rotatable bonds is 11. The topological polar surface area (TPSA) is 0 Å². The van der Waals surface area contributed by atoms with E-state index in [2.05, 4.69) is 52.6 Å². The van der Waals surface area contributed by atoms with Crippen LogP contribution in [0.5, 0.6) is 0 Å². The van der Waals surface area contributed by atoms with Crippen LogP contribution < -0.4 is 0 Å². The van der Waals surface area contributed by atoms with E-state index < -0.39 is 0 Å². The van der Waals surface area contributed by atoms with Crippen molar-refractivity contribution in [2.75, 3.05) is 10.7 Å². The van der Waals surface area contributed by atoms with Gasteiger partial charge in [0.05, 0.1) is 0 Å². The molecule has 0 aliphatic carbocycles. The standard InChI is InChI=1S/C15H30Br2/c1-4-5-6-7-8-9-10-15(12-16,13-17)11-14(2)3/h14H,4-13H2,1-3H3. The molecule has 0 radical (unpaired) electrons. The quantitative estimate of drug-likeness (QED) is 0.285. The zero-order valence-corrected chi connectivity index (χ0v) is 15.1. The molecule has 2 heteroatoms. The van der Waals surface area contributed by atoms with E-state index in [9.17, 15) is 0 Å². The molecule has 0 aliphatic rings. The van der Waals surface area contributed by atoms with E-state index >= 15 is 0 Å². The normalized spacial score (nSPS) is 12.4. The van der Waals surface area contributed by atoms with Gasteiger partial charge >= 0.3 is 0 Å². The summed E-state index contributed by atoms with van der Waals surface area (Å²) in [6, 6.07) is 0. The van der Waals surface area contributed by atoms with E-state index in [1.165, 1.54) is 51.4 Å². The molecule has 104 valence electrons. The highest BCUT2D eigenvalue weighted by molar-refractivity contribution is 9.09. The van der Waals surface area contributed by atoms with Gasteiger partial charge in [-0.05, 0) is 24.2 Å². The lowest BCUT2D eigenvalue weighted by Gasteiger charge is -2.32. The van der Waals surface area contributed by atoms with Crippen molar-refractivity contribution in [1.29, 1.82) is 0 Å². The molecule has 0 amide bonds. The van der Waals surface area contributed by atoms with E-state index in [1.807, 2.05) is 0 Å². The summed E-state index contributed by atoms with van der Waals surface area (Å²) in [4.78, 5) is 0. The molecule has 17 heavy (non-hydrogen) atoms. The van der Waals surface area contributed by atoms with Crippen LogP contribution in [0.25, 0.3) is 0 Å². The van der Waals surface area contributed by atoms with Gasteiger partial charge in [0.2, 0.25) is 0 Å². The Morgan fingerprint density at radius 1 is 0.882 bits per heavy atom. The summed E-state index contributed by atoms with van der Waals surface area (Å²) < 4.78 is 0. The molecule has 0 aromatic rings. The molecule has 0 aromatic carbocycles. The molecule has 0 aliphatic heterocycles. The Balaban J connectivity index is 3.84. The molecule has 0 bridgehead atoms. The van der Waals surface area contributed by atoms with Crippen molar-refractivity contribution in [3.63, 3.8) is 0 Å². The van der Waals surface area contributed by atoms with Crippen molar-refractivity contribution in [3.8, 4) is 0 Å². The summed E-state index contributed by atoms with van der Waals surface area (Å²) in [6.45, 7) is 6.95. The number of hydrogen-bond acceptors (Lipinski definition) is 0. The average Bonchev–Trinajstić information content (AvgIpc) is 2.31. The van der Waals surface area contributed by atoms with Crippen molar-refractivity contribution < 1.29 is 0 Å². The van der Waals surface area contributed by atoms with Gasteiger partial charge in [-0.1, -0.05) is 91.2 Å². The van der Waals surface area contributed by atoms with E-state index in [1.54, 1.807) is 0 Å². The number of halogens is 2. The fraction of sp³-hybridized carbons (Fsp3) is 1.00. The molecule has 0 saturated carbocycles. The van der Waals surface area contributed by atoms with Crippen molar-refractivity contribution in [2.45, 2.75) is 72.1 Å². The SMILES string of the molecule is CCCCCCCCC(CBr)(CBr)CC(C)C. The third kappa shape index (κ3) is 8.64. The lowest BCUT2D eigenvalue weighted by molar-refractivity contribution is 0.273. The second-order valence-electron chi connectivity index (χ2n) is 5.88. The second-order valence-corrected chi connectivity index (χ2v) is 7.00. The summed E-state index contributed by atoms with van der Waals surface area (Å²) in [5.41, 5.74) is 0.485. The minimum Gasteiger partial charge on any atom is -0.0922 e. The minimum atomic E-state index is 0.485. The highest BCUT2D eigenvalue weighted by Gasteiger charge is 2.28. The Bertz CT molecular complexity index is 162.